The van der Waals surface area contributed by atoms with Crippen LogP contribution in [0.5, 0.6) is 0 Å². The number of carboxylic acid groups (broad SMARTS) is 1. The first-order valence-corrected chi connectivity index (χ1v) is 6.89. The second-order valence-corrected chi connectivity index (χ2v) is 4.94. The summed E-state index contributed by atoms with van der Waals surface area (Å²) in [4.78, 5) is 23.9. The number of alkyl halides is 3. The molecule has 0 fully saturated rings. The summed E-state index contributed by atoms with van der Waals surface area (Å²) >= 11 is 0. The standard InChI is InChI=1S/C15H18F3NO3/c1-2-3-4-13(20)19(10-14(21)22)9-11-5-7-12(8-6-11)15(16,17)18/h5-8H,2-4,9-10H2,1H3,(H,21,22). The van der Waals surface area contributed by atoms with Gasteiger partial charge in [-0.15, -0.1) is 0 Å². The fourth-order valence-corrected chi connectivity index (χ4v) is 1.90. The van der Waals surface area contributed by atoms with Gasteiger partial charge in [-0.3, -0.25) is 9.59 Å². The van der Waals surface area contributed by atoms with Gasteiger partial charge in [0.1, 0.15) is 6.54 Å². The van der Waals surface area contributed by atoms with Gasteiger partial charge in [0.2, 0.25) is 5.91 Å². The van der Waals surface area contributed by atoms with Crippen LogP contribution in [0, 0.1) is 0 Å². The number of hydrogen-bond acceptors (Lipinski definition) is 2. The molecule has 0 aromatic heterocycles. The summed E-state index contributed by atoms with van der Waals surface area (Å²) in [7, 11) is 0. The molecule has 122 valence electrons. The maximum atomic E-state index is 12.5. The van der Waals surface area contributed by atoms with Crippen molar-refractivity contribution < 1.29 is 27.9 Å². The lowest BCUT2D eigenvalue weighted by Gasteiger charge is -2.21. The minimum atomic E-state index is -4.42. The molecule has 0 spiro atoms. The quantitative estimate of drug-likeness (QED) is 0.839. The van der Waals surface area contributed by atoms with Crippen LogP contribution in [-0.4, -0.2) is 28.4 Å². The molecule has 0 atom stereocenters. The average Bonchev–Trinajstić information content (AvgIpc) is 2.43. The van der Waals surface area contributed by atoms with Gasteiger partial charge in [0.15, 0.2) is 0 Å². The molecule has 0 aliphatic carbocycles. The van der Waals surface area contributed by atoms with Crippen LogP contribution in [-0.2, 0) is 22.3 Å². The highest BCUT2D eigenvalue weighted by atomic mass is 19.4. The summed E-state index contributed by atoms with van der Waals surface area (Å²) in [6, 6.07) is 4.35. The summed E-state index contributed by atoms with van der Waals surface area (Å²) in [5.74, 6) is -1.47. The molecular weight excluding hydrogens is 299 g/mol. The van der Waals surface area contributed by atoms with E-state index in [-0.39, 0.29) is 18.9 Å². The highest BCUT2D eigenvalue weighted by molar-refractivity contribution is 5.81. The van der Waals surface area contributed by atoms with Gasteiger partial charge in [-0.25, -0.2) is 0 Å². The van der Waals surface area contributed by atoms with Crippen molar-refractivity contribution in [3.63, 3.8) is 0 Å². The number of halogens is 3. The van der Waals surface area contributed by atoms with E-state index in [1.807, 2.05) is 6.92 Å². The normalized spacial score (nSPS) is 11.3. The number of amides is 1. The zero-order valence-corrected chi connectivity index (χ0v) is 12.2. The molecule has 0 bridgehead atoms. The Balaban J connectivity index is 2.80. The van der Waals surface area contributed by atoms with E-state index in [1.165, 1.54) is 12.1 Å². The predicted octanol–water partition coefficient (Wildman–Crippen LogP) is 3.31. The van der Waals surface area contributed by atoms with Gasteiger partial charge in [-0.1, -0.05) is 25.5 Å². The number of rotatable bonds is 7. The molecule has 0 radical (unpaired) electrons. The molecule has 0 unspecified atom stereocenters. The molecule has 4 nitrogen and oxygen atoms in total. The van der Waals surface area contributed by atoms with Crippen molar-refractivity contribution in [1.82, 2.24) is 4.90 Å². The number of aliphatic carboxylic acids is 1. The molecular formula is C15H18F3NO3. The Morgan fingerprint density at radius 1 is 1.18 bits per heavy atom. The topological polar surface area (TPSA) is 57.6 Å². The minimum Gasteiger partial charge on any atom is -0.480 e. The van der Waals surface area contributed by atoms with Crippen LogP contribution in [0.25, 0.3) is 0 Å². The van der Waals surface area contributed by atoms with Crippen molar-refractivity contribution in [3.05, 3.63) is 35.4 Å². The fourth-order valence-electron chi connectivity index (χ4n) is 1.90. The van der Waals surface area contributed by atoms with Gasteiger partial charge < -0.3 is 10.0 Å². The van der Waals surface area contributed by atoms with Crippen LogP contribution in [0.1, 0.15) is 37.3 Å². The minimum absolute atomic E-state index is 0.0208. The number of carboxylic acids is 1. The van der Waals surface area contributed by atoms with E-state index in [1.54, 1.807) is 0 Å². The highest BCUT2D eigenvalue weighted by Crippen LogP contribution is 2.29. The molecule has 0 aliphatic rings. The second kappa shape index (κ2) is 7.82. The van der Waals surface area contributed by atoms with Crippen molar-refractivity contribution in [2.24, 2.45) is 0 Å². The molecule has 1 rings (SSSR count). The molecule has 1 amide bonds. The van der Waals surface area contributed by atoms with Crippen molar-refractivity contribution >= 4 is 11.9 Å². The van der Waals surface area contributed by atoms with Crippen molar-refractivity contribution in [1.29, 1.82) is 0 Å². The van der Waals surface area contributed by atoms with E-state index in [9.17, 15) is 22.8 Å². The van der Waals surface area contributed by atoms with Gasteiger partial charge in [0.25, 0.3) is 0 Å². The third kappa shape index (κ3) is 5.75. The van der Waals surface area contributed by atoms with E-state index < -0.39 is 24.3 Å². The van der Waals surface area contributed by atoms with Crippen LogP contribution >= 0.6 is 0 Å². The molecule has 1 aromatic carbocycles. The van der Waals surface area contributed by atoms with E-state index in [2.05, 4.69) is 0 Å². The number of carbonyl (C=O) groups excluding carboxylic acids is 1. The Morgan fingerprint density at radius 2 is 1.77 bits per heavy atom. The van der Waals surface area contributed by atoms with Crippen molar-refractivity contribution in [2.45, 2.75) is 38.9 Å². The molecule has 0 heterocycles. The number of hydrogen-bond donors (Lipinski definition) is 1. The zero-order chi connectivity index (χ0) is 16.8. The van der Waals surface area contributed by atoms with Gasteiger partial charge in [-0.2, -0.15) is 13.2 Å². The summed E-state index contributed by atoms with van der Waals surface area (Å²) in [6.07, 6.45) is -2.75. The largest absolute Gasteiger partial charge is 0.480 e. The average molecular weight is 317 g/mol. The van der Waals surface area contributed by atoms with Crippen molar-refractivity contribution in [3.8, 4) is 0 Å². The Morgan fingerprint density at radius 3 is 2.23 bits per heavy atom. The van der Waals surface area contributed by atoms with Crippen molar-refractivity contribution in [2.75, 3.05) is 6.54 Å². The number of carbonyl (C=O) groups is 2. The number of benzene rings is 1. The molecule has 0 aliphatic heterocycles. The van der Waals surface area contributed by atoms with Crippen LogP contribution in [0.3, 0.4) is 0 Å². The molecule has 22 heavy (non-hydrogen) atoms. The maximum Gasteiger partial charge on any atom is 0.416 e. The van der Waals surface area contributed by atoms with Crippen LogP contribution in [0.2, 0.25) is 0 Å². The fraction of sp³-hybridized carbons (Fsp3) is 0.467. The molecule has 0 saturated heterocycles. The Hall–Kier alpha value is -2.05. The Bertz CT molecular complexity index is 512. The van der Waals surface area contributed by atoms with Gasteiger partial charge in [0.05, 0.1) is 5.56 Å². The van der Waals surface area contributed by atoms with E-state index >= 15 is 0 Å². The summed E-state index contributed by atoms with van der Waals surface area (Å²) in [6.45, 7) is 1.42. The smallest absolute Gasteiger partial charge is 0.416 e. The number of nitrogens with zero attached hydrogens (tertiary/aromatic N) is 1. The lowest BCUT2D eigenvalue weighted by atomic mass is 10.1. The third-order valence-electron chi connectivity index (χ3n) is 3.08. The monoisotopic (exact) mass is 317 g/mol. The lowest BCUT2D eigenvalue weighted by molar-refractivity contribution is -0.144. The Kier molecular flexibility index (Phi) is 6.39. The summed E-state index contributed by atoms with van der Waals surface area (Å²) < 4.78 is 37.4. The van der Waals surface area contributed by atoms with E-state index in [0.29, 0.717) is 12.0 Å². The molecule has 7 heteroatoms. The first kappa shape index (κ1) is 18.0. The predicted molar refractivity (Wildman–Crippen MR) is 74.0 cm³/mol. The van der Waals surface area contributed by atoms with Gasteiger partial charge in [0, 0.05) is 13.0 Å². The first-order valence-electron chi connectivity index (χ1n) is 6.89. The first-order chi connectivity index (χ1) is 10.2. The second-order valence-electron chi connectivity index (χ2n) is 4.94. The van der Waals surface area contributed by atoms with Gasteiger partial charge >= 0.3 is 12.1 Å². The Labute approximate surface area is 126 Å². The number of unbranched alkanes of at least 4 members (excludes halogenated alkanes) is 1. The van der Waals surface area contributed by atoms with Crippen LogP contribution in [0.15, 0.2) is 24.3 Å². The van der Waals surface area contributed by atoms with Crippen LogP contribution in [0.4, 0.5) is 13.2 Å². The SMILES string of the molecule is CCCCC(=O)N(CC(=O)O)Cc1ccc(C(F)(F)F)cc1. The van der Waals surface area contributed by atoms with E-state index in [0.717, 1.165) is 23.5 Å². The molecule has 1 N–H and O–H groups in total. The summed E-state index contributed by atoms with van der Waals surface area (Å²) in [5, 5.41) is 8.84. The third-order valence-corrected chi connectivity index (χ3v) is 3.08. The maximum absolute atomic E-state index is 12.5. The molecule has 0 saturated carbocycles. The van der Waals surface area contributed by atoms with E-state index in [4.69, 9.17) is 5.11 Å². The summed E-state index contributed by atoms with van der Waals surface area (Å²) in [5.41, 5.74) is -0.322. The highest BCUT2D eigenvalue weighted by Gasteiger charge is 2.30. The lowest BCUT2D eigenvalue weighted by Crippen LogP contribution is -2.35. The zero-order valence-electron chi connectivity index (χ0n) is 12.2. The van der Waals surface area contributed by atoms with Crippen LogP contribution < -0.4 is 0 Å². The van der Waals surface area contributed by atoms with Gasteiger partial charge in [-0.05, 0) is 24.1 Å². The molecule has 1 aromatic rings.